The first-order valence-corrected chi connectivity index (χ1v) is 11.3. The second-order valence-corrected chi connectivity index (χ2v) is 8.84. The summed E-state index contributed by atoms with van der Waals surface area (Å²) in [5, 5.41) is 21.0. The van der Waals surface area contributed by atoms with Crippen molar-refractivity contribution in [2.75, 3.05) is 0 Å². The van der Waals surface area contributed by atoms with E-state index < -0.39 is 7.12 Å². The smallest absolute Gasteiger partial charge is 0.423 e. The lowest BCUT2D eigenvalue weighted by Crippen LogP contribution is -2.29. The van der Waals surface area contributed by atoms with Gasteiger partial charge in [0.05, 0.1) is 21.6 Å². The molecule has 0 atom stereocenters. The Kier molecular flexibility index (Phi) is 4.57. The van der Waals surface area contributed by atoms with Gasteiger partial charge in [0, 0.05) is 10.3 Å². The van der Waals surface area contributed by atoms with Crippen LogP contribution < -0.4 is 5.46 Å². The number of para-hydroxylation sites is 2. The highest BCUT2D eigenvalue weighted by molar-refractivity contribution is 7.21. The van der Waals surface area contributed by atoms with Crippen LogP contribution >= 0.6 is 11.3 Å². The lowest BCUT2D eigenvalue weighted by Gasteiger charge is -2.13. The highest BCUT2D eigenvalue weighted by Crippen LogP contribution is 2.40. The molecule has 6 heteroatoms. The monoisotopic (exact) mass is 434 g/mol. The summed E-state index contributed by atoms with van der Waals surface area (Å²) in [5.41, 5.74) is 5.81. The molecule has 2 heterocycles. The Morgan fingerprint density at radius 1 is 0.906 bits per heavy atom. The van der Waals surface area contributed by atoms with E-state index in [1.807, 2.05) is 42.5 Å². The topological polar surface area (TPSA) is 58.3 Å². The number of nitrogens with zero attached hydrogens (tertiary/aromatic N) is 2. The van der Waals surface area contributed by atoms with Crippen molar-refractivity contribution in [1.82, 2.24) is 9.55 Å². The third kappa shape index (κ3) is 2.96. The van der Waals surface area contributed by atoms with E-state index in [-0.39, 0.29) is 0 Å². The maximum absolute atomic E-state index is 9.94. The molecule has 0 bridgehead atoms. The summed E-state index contributed by atoms with van der Waals surface area (Å²) in [4.78, 5) is 6.11. The molecule has 2 N–H and O–H groups in total. The molecule has 0 radical (unpaired) electrons. The summed E-state index contributed by atoms with van der Waals surface area (Å²) in [6.07, 6.45) is 7.17. The van der Waals surface area contributed by atoms with Crippen LogP contribution in [0.3, 0.4) is 0 Å². The van der Waals surface area contributed by atoms with Gasteiger partial charge in [0.15, 0.2) is 0 Å². The van der Waals surface area contributed by atoms with Crippen LogP contribution in [0.2, 0.25) is 0 Å². The van der Waals surface area contributed by atoms with Crippen LogP contribution in [0, 0.1) is 0 Å². The fourth-order valence-electron chi connectivity index (χ4n) is 4.45. The number of fused-ring (bicyclic) bond motifs is 4. The molecule has 0 fully saturated rings. The Morgan fingerprint density at radius 3 is 2.56 bits per heavy atom. The summed E-state index contributed by atoms with van der Waals surface area (Å²) >= 11 is 1.61. The van der Waals surface area contributed by atoms with Gasteiger partial charge >= 0.3 is 7.12 Å². The first kappa shape index (κ1) is 19.3. The minimum absolute atomic E-state index is 0.544. The number of thiophene rings is 1. The van der Waals surface area contributed by atoms with E-state index in [1.54, 1.807) is 17.4 Å². The van der Waals surface area contributed by atoms with Gasteiger partial charge in [0.25, 0.3) is 0 Å². The average molecular weight is 434 g/mol. The van der Waals surface area contributed by atoms with Crippen LogP contribution in [-0.4, -0.2) is 26.7 Å². The Balaban J connectivity index is 1.68. The molecular formula is C26H19BN2O2S. The summed E-state index contributed by atoms with van der Waals surface area (Å²) in [6.45, 7) is 0. The average Bonchev–Trinajstić information content (AvgIpc) is 3.32. The van der Waals surface area contributed by atoms with E-state index in [0.29, 0.717) is 5.46 Å². The van der Waals surface area contributed by atoms with Crippen LogP contribution in [0.1, 0.15) is 10.4 Å². The predicted octanol–water partition coefficient (Wildman–Crippen LogP) is 4.60. The molecule has 0 spiro atoms. The molecule has 2 aromatic heterocycles. The zero-order valence-electron chi connectivity index (χ0n) is 17.1. The van der Waals surface area contributed by atoms with Crippen LogP contribution in [-0.2, 0) is 6.42 Å². The number of allylic oxidation sites excluding steroid dienone is 3. The first-order chi connectivity index (χ1) is 15.7. The normalized spacial score (nSPS) is 13.2. The standard InChI is InChI=1S/C26H19BN2O2S/c30-27(31)20-13-8-12-18-19-11-4-6-16-23(25(19)32-24(18)20)29-22-15-7-5-14-21(22)28-26(29)17-9-2-1-3-10-17/h1-10,12-16,30-31H,11H2. The van der Waals surface area contributed by atoms with Gasteiger partial charge in [0.1, 0.15) is 5.82 Å². The fraction of sp³-hybridized carbons (Fsp3) is 0.0385. The SMILES string of the molecule is OB(O)c1cccc2c3c(sc12)C(n1c(-c2ccccc2)nc2ccccc21)=CC=CC3. The van der Waals surface area contributed by atoms with Gasteiger partial charge in [-0.3, -0.25) is 4.57 Å². The van der Waals surface area contributed by atoms with E-state index in [1.165, 1.54) is 5.56 Å². The largest absolute Gasteiger partial charge is 0.489 e. The molecule has 32 heavy (non-hydrogen) atoms. The van der Waals surface area contributed by atoms with Crippen molar-refractivity contribution >= 4 is 50.7 Å². The lowest BCUT2D eigenvalue weighted by atomic mass is 9.79. The fourth-order valence-corrected chi connectivity index (χ4v) is 5.83. The molecule has 0 unspecified atom stereocenters. The zero-order valence-corrected chi connectivity index (χ0v) is 18.0. The number of benzene rings is 3. The minimum Gasteiger partial charge on any atom is -0.423 e. The quantitative estimate of drug-likeness (QED) is 0.408. The highest BCUT2D eigenvalue weighted by atomic mass is 32.1. The van der Waals surface area contributed by atoms with Crippen molar-refractivity contribution in [3.05, 3.63) is 101 Å². The molecule has 0 saturated carbocycles. The van der Waals surface area contributed by atoms with Crippen molar-refractivity contribution < 1.29 is 10.0 Å². The molecule has 154 valence electrons. The second-order valence-electron chi connectivity index (χ2n) is 7.82. The Bertz CT molecular complexity index is 1530. The molecule has 5 aromatic rings. The number of rotatable bonds is 3. The number of aromatic nitrogens is 2. The highest BCUT2D eigenvalue weighted by Gasteiger charge is 2.25. The van der Waals surface area contributed by atoms with Crippen molar-refractivity contribution in [2.45, 2.75) is 6.42 Å². The molecule has 0 saturated heterocycles. The maximum Gasteiger partial charge on any atom is 0.489 e. The number of imidazole rings is 1. The minimum atomic E-state index is -1.50. The van der Waals surface area contributed by atoms with Crippen LogP contribution in [0.5, 0.6) is 0 Å². The van der Waals surface area contributed by atoms with Crippen LogP contribution in [0.4, 0.5) is 0 Å². The van der Waals surface area contributed by atoms with E-state index in [4.69, 9.17) is 4.98 Å². The molecule has 1 aliphatic rings. The van der Waals surface area contributed by atoms with Gasteiger partial charge in [0.2, 0.25) is 0 Å². The third-order valence-corrected chi connectivity index (χ3v) is 7.22. The van der Waals surface area contributed by atoms with Gasteiger partial charge in [-0.25, -0.2) is 4.98 Å². The molecular weight excluding hydrogens is 415 g/mol. The molecule has 4 nitrogen and oxygen atoms in total. The molecule has 0 amide bonds. The number of hydrogen-bond donors (Lipinski definition) is 2. The summed E-state index contributed by atoms with van der Waals surface area (Å²) in [5.74, 6) is 0.888. The molecule has 6 rings (SSSR count). The van der Waals surface area contributed by atoms with Gasteiger partial charge in [-0.05, 0) is 41.0 Å². The van der Waals surface area contributed by atoms with Crippen molar-refractivity contribution in [2.24, 2.45) is 0 Å². The number of hydrogen-bond acceptors (Lipinski definition) is 4. The third-order valence-electron chi connectivity index (χ3n) is 5.91. The molecule has 0 aliphatic heterocycles. The Hall–Kier alpha value is -3.45. The van der Waals surface area contributed by atoms with Crippen molar-refractivity contribution in [1.29, 1.82) is 0 Å². The summed E-state index contributed by atoms with van der Waals surface area (Å²) in [7, 11) is -1.50. The maximum atomic E-state index is 9.94. The second kappa shape index (κ2) is 7.60. The predicted molar refractivity (Wildman–Crippen MR) is 133 cm³/mol. The molecule has 3 aromatic carbocycles. The Labute approximate surface area is 189 Å². The first-order valence-electron chi connectivity index (χ1n) is 10.5. The summed E-state index contributed by atoms with van der Waals surface area (Å²) < 4.78 is 3.14. The van der Waals surface area contributed by atoms with Crippen LogP contribution in [0.25, 0.3) is 38.2 Å². The van der Waals surface area contributed by atoms with Crippen LogP contribution in [0.15, 0.2) is 91.0 Å². The molecule has 1 aliphatic carbocycles. The van der Waals surface area contributed by atoms with E-state index >= 15 is 0 Å². The lowest BCUT2D eigenvalue weighted by molar-refractivity contribution is 0.426. The van der Waals surface area contributed by atoms with E-state index in [2.05, 4.69) is 47.1 Å². The Morgan fingerprint density at radius 2 is 1.72 bits per heavy atom. The zero-order chi connectivity index (χ0) is 21.7. The summed E-state index contributed by atoms with van der Waals surface area (Å²) in [6, 6.07) is 24.2. The van der Waals surface area contributed by atoms with E-state index in [0.717, 1.165) is 49.5 Å². The van der Waals surface area contributed by atoms with Gasteiger partial charge < -0.3 is 10.0 Å². The van der Waals surface area contributed by atoms with Gasteiger partial charge in [-0.1, -0.05) is 72.8 Å². The van der Waals surface area contributed by atoms with E-state index in [9.17, 15) is 10.0 Å². The van der Waals surface area contributed by atoms with Gasteiger partial charge in [-0.15, -0.1) is 11.3 Å². The van der Waals surface area contributed by atoms with Gasteiger partial charge in [-0.2, -0.15) is 0 Å². The van der Waals surface area contributed by atoms with Crippen molar-refractivity contribution in [3.8, 4) is 11.4 Å². The van der Waals surface area contributed by atoms with Crippen molar-refractivity contribution in [3.63, 3.8) is 0 Å².